The van der Waals surface area contributed by atoms with Crippen LogP contribution in [0.25, 0.3) is 10.9 Å². The van der Waals surface area contributed by atoms with Crippen molar-refractivity contribution in [2.75, 3.05) is 6.54 Å². The lowest BCUT2D eigenvalue weighted by molar-refractivity contribution is -0.142. The molecule has 4 unspecified atom stereocenters. The fourth-order valence-corrected chi connectivity index (χ4v) is 4.41. The van der Waals surface area contributed by atoms with E-state index in [1.54, 1.807) is 12.3 Å². The summed E-state index contributed by atoms with van der Waals surface area (Å²) in [6.07, 6.45) is 1.90. The van der Waals surface area contributed by atoms with Gasteiger partial charge in [0.2, 0.25) is 29.5 Å². The van der Waals surface area contributed by atoms with Crippen LogP contribution >= 0.6 is 0 Å². The van der Waals surface area contributed by atoms with E-state index in [-0.39, 0.29) is 19.3 Å². The molecule has 0 spiro atoms. The summed E-state index contributed by atoms with van der Waals surface area (Å²) in [7, 11) is 0. The lowest BCUT2D eigenvalue weighted by atomic mass is 10.0. The normalized spacial score (nSPS) is 17.1. The summed E-state index contributed by atoms with van der Waals surface area (Å²) < 4.78 is 0. The minimum Gasteiger partial charge on any atom is -0.480 e. The van der Waals surface area contributed by atoms with Crippen molar-refractivity contribution in [2.45, 2.75) is 62.7 Å². The number of carbonyl (C=O) groups excluding carboxylic acids is 5. The minimum absolute atomic E-state index is 0.0504. The van der Waals surface area contributed by atoms with Crippen LogP contribution in [0.1, 0.15) is 37.7 Å². The van der Waals surface area contributed by atoms with Gasteiger partial charge in [-0.1, -0.05) is 18.2 Å². The van der Waals surface area contributed by atoms with Crippen LogP contribution in [0.15, 0.2) is 30.5 Å². The number of carboxylic acid groups (broad SMARTS) is 1. The van der Waals surface area contributed by atoms with E-state index in [0.29, 0.717) is 18.5 Å². The highest BCUT2D eigenvalue weighted by molar-refractivity contribution is 5.96. The van der Waals surface area contributed by atoms with Crippen molar-refractivity contribution in [1.82, 2.24) is 26.3 Å². The van der Waals surface area contributed by atoms with Crippen molar-refractivity contribution >= 4 is 46.4 Å². The van der Waals surface area contributed by atoms with Gasteiger partial charge in [0, 0.05) is 29.9 Å². The van der Waals surface area contributed by atoms with E-state index < -0.39 is 66.1 Å². The van der Waals surface area contributed by atoms with Crippen molar-refractivity contribution in [1.29, 1.82) is 0 Å². The number of nitrogens with one attached hydrogen (secondary N) is 5. The summed E-state index contributed by atoms with van der Waals surface area (Å²) in [6.45, 7) is 0.637. The lowest BCUT2D eigenvalue weighted by Gasteiger charge is -2.25. The first-order valence-corrected chi connectivity index (χ1v) is 12.5. The van der Waals surface area contributed by atoms with Gasteiger partial charge in [0.05, 0.1) is 12.5 Å². The summed E-state index contributed by atoms with van der Waals surface area (Å²) in [4.78, 5) is 76.7. The van der Waals surface area contributed by atoms with Gasteiger partial charge in [-0.3, -0.25) is 24.0 Å². The Morgan fingerprint density at radius 1 is 0.949 bits per heavy atom. The number of nitrogens with two attached hydrogens (primary N) is 2. The first kappa shape index (κ1) is 29.1. The number of carboxylic acids is 1. The molecule has 210 valence electrons. The van der Waals surface area contributed by atoms with Gasteiger partial charge in [-0.05, 0) is 37.4 Å². The van der Waals surface area contributed by atoms with Crippen LogP contribution in [-0.4, -0.2) is 76.3 Å². The highest BCUT2D eigenvalue weighted by Crippen LogP contribution is 2.19. The molecular weight excluding hydrogens is 510 g/mol. The molecule has 0 saturated carbocycles. The van der Waals surface area contributed by atoms with Crippen molar-refractivity contribution in [3.05, 3.63) is 36.0 Å². The van der Waals surface area contributed by atoms with Crippen LogP contribution in [0.5, 0.6) is 0 Å². The second kappa shape index (κ2) is 13.4. The summed E-state index contributed by atoms with van der Waals surface area (Å²) in [5, 5.41) is 20.7. The molecule has 1 aliphatic heterocycles. The van der Waals surface area contributed by atoms with Crippen molar-refractivity contribution < 1.29 is 33.9 Å². The topological polar surface area (TPSA) is 239 Å². The molecule has 10 N–H and O–H groups in total. The monoisotopic (exact) mass is 543 g/mol. The van der Waals surface area contributed by atoms with E-state index in [2.05, 4.69) is 26.3 Å². The number of amides is 5. The number of hydrogen-bond donors (Lipinski definition) is 8. The number of primary amides is 2. The minimum atomic E-state index is -1.44. The standard InChI is InChI=1S/C25H33N7O7/c26-20(33)8-7-17(25(38)39)30-23(36)18(10-13-12-29-15-5-2-1-4-14(13)15)31-24(37)19(11-21(27)34)32-22(35)16-6-3-9-28-16/h1-2,4-5,12,16-19,28-29H,3,6-11H2,(H2,26,33)(H2,27,34)(H,30,36)(H,31,37)(H,32,35)(H,38,39). The number of fused-ring (bicyclic) bond motifs is 1. The number of hydrogen-bond acceptors (Lipinski definition) is 7. The lowest BCUT2D eigenvalue weighted by Crippen LogP contribution is -2.58. The molecule has 2 aromatic rings. The fourth-order valence-electron chi connectivity index (χ4n) is 4.41. The molecule has 39 heavy (non-hydrogen) atoms. The molecular formula is C25H33N7O7. The van der Waals surface area contributed by atoms with E-state index in [9.17, 15) is 33.9 Å². The quantitative estimate of drug-likeness (QED) is 0.134. The molecule has 1 fully saturated rings. The Hall–Kier alpha value is -4.46. The Morgan fingerprint density at radius 3 is 2.28 bits per heavy atom. The summed E-state index contributed by atoms with van der Waals surface area (Å²) in [6, 6.07) is 2.63. The zero-order chi connectivity index (χ0) is 28.5. The molecule has 3 rings (SSSR count). The SMILES string of the molecule is NC(=O)CCC(NC(=O)C(Cc1c[nH]c2ccccc12)NC(=O)C(CC(N)=O)NC(=O)C1CCCN1)C(=O)O. The molecule has 0 radical (unpaired) electrons. The van der Waals surface area contributed by atoms with Gasteiger partial charge >= 0.3 is 5.97 Å². The maximum atomic E-state index is 13.3. The fraction of sp³-hybridized carbons (Fsp3) is 0.440. The maximum absolute atomic E-state index is 13.3. The Kier molecular flexibility index (Phi) is 9.98. The third-order valence-corrected chi connectivity index (χ3v) is 6.44. The molecule has 1 aliphatic rings. The summed E-state index contributed by atoms with van der Waals surface area (Å²) >= 11 is 0. The second-order valence-corrected chi connectivity index (χ2v) is 9.41. The van der Waals surface area contributed by atoms with Crippen LogP contribution in [0, 0.1) is 0 Å². The van der Waals surface area contributed by atoms with Gasteiger partial charge in [-0.25, -0.2) is 4.79 Å². The van der Waals surface area contributed by atoms with Crippen LogP contribution in [0.2, 0.25) is 0 Å². The third-order valence-electron chi connectivity index (χ3n) is 6.44. The van der Waals surface area contributed by atoms with E-state index >= 15 is 0 Å². The third kappa shape index (κ3) is 8.26. The average Bonchev–Trinajstić information content (AvgIpc) is 3.56. The molecule has 1 aromatic carbocycles. The van der Waals surface area contributed by atoms with Gasteiger partial charge in [-0.15, -0.1) is 0 Å². The van der Waals surface area contributed by atoms with E-state index in [0.717, 1.165) is 17.3 Å². The maximum Gasteiger partial charge on any atom is 0.326 e. The zero-order valence-electron chi connectivity index (χ0n) is 21.2. The molecule has 14 heteroatoms. The predicted molar refractivity (Wildman–Crippen MR) is 139 cm³/mol. The summed E-state index contributed by atoms with van der Waals surface area (Å²) in [5.41, 5.74) is 11.9. The first-order chi connectivity index (χ1) is 18.5. The van der Waals surface area contributed by atoms with Crippen LogP contribution in [-0.2, 0) is 35.2 Å². The van der Waals surface area contributed by atoms with Crippen LogP contribution in [0.4, 0.5) is 0 Å². The number of carbonyl (C=O) groups is 6. The van der Waals surface area contributed by atoms with E-state index in [4.69, 9.17) is 11.5 Å². The molecule has 5 amide bonds. The molecule has 0 bridgehead atoms. The van der Waals surface area contributed by atoms with Crippen molar-refractivity contribution in [3.63, 3.8) is 0 Å². The molecule has 2 heterocycles. The molecule has 4 atom stereocenters. The van der Waals surface area contributed by atoms with Gasteiger partial charge in [0.1, 0.15) is 18.1 Å². The van der Waals surface area contributed by atoms with Gasteiger partial charge in [-0.2, -0.15) is 0 Å². The zero-order valence-corrected chi connectivity index (χ0v) is 21.2. The van der Waals surface area contributed by atoms with Crippen LogP contribution < -0.4 is 32.7 Å². The summed E-state index contributed by atoms with van der Waals surface area (Å²) in [5.74, 6) is -5.13. The molecule has 0 aliphatic carbocycles. The average molecular weight is 544 g/mol. The van der Waals surface area contributed by atoms with E-state index in [1.165, 1.54) is 0 Å². The number of H-pyrrole nitrogens is 1. The van der Waals surface area contributed by atoms with Gasteiger partial charge in [0.15, 0.2) is 0 Å². The Labute approximate surface area is 223 Å². The smallest absolute Gasteiger partial charge is 0.326 e. The number of aromatic nitrogens is 1. The number of benzene rings is 1. The predicted octanol–water partition coefficient (Wildman–Crippen LogP) is -1.86. The van der Waals surface area contributed by atoms with Crippen molar-refractivity contribution in [3.8, 4) is 0 Å². The highest BCUT2D eigenvalue weighted by Gasteiger charge is 2.32. The Morgan fingerprint density at radius 2 is 1.64 bits per heavy atom. The molecule has 14 nitrogen and oxygen atoms in total. The first-order valence-electron chi connectivity index (χ1n) is 12.5. The van der Waals surface area contributed by atoms with Gasteiger partial charge in [0.25, 0.3) is 0 Å². The molecule has 1 aromatic heterocycles. The van der Waals surface area contributed by atoms with Gasteiger partial charge < -0.3 is 42.8 Å². The number of para-hydroxylation sites is 1. The Balaban J connectivity index is 1.83. The Bertz CT molecular complexity index is 1240. The highest BCUT2D eigenvalue weighted by atomic mass is 16.4. The number of rotatable bonds is 14. The van der Waals surface area contributed by atoms with Crippen LogP contribution in [0.3, 0.4) is 0 Å². The van der Waals surface area contributed by atoms with Crippen molar-refractivity contribution in [2.24, 2.45) is 11.5 Å². The molecule has 1 saturated heterocycles. The second-order valence-electron chi connectivity index (χ2n) is 9.41. The van der Waals surface area contributed by atoms with E-state index in [1.807, 2.05) is 18.2 Å². The number of aliphatic carboxylic acids is 1. The largest absolute Gasteiger partial charge is 0.480 e. The number of aromatic amines is 1.